The van der Waals surface area contributed by atoms with Crippen molar-refractivity contribution in [3.8, 4) is 23.0 Å². The predicted octanol–water partition coefficient (Wildman–Crippen LogP) is 2.05. The maximum Gasteiger partial charge on any atom is 0.576 e. The van der Waals surface area contributed by atoms with E-state index in [0.717, 1.165) is 0 Å². The molecule has 0 N–H and O–H groups in total. The summed E-state index contributed by atoms with van der Waals surface area (Å²) >= 11 is 0. The molecule has 2 aromatic carbocycles. The van der Waals surface area contributed by atoms with Crippen molar-refractivity contribution in [3.63, 3.8) is 0 Å². The molecule has 0 bridgehead atoms. The van der Waals surface area contributed by atoms with Crippen LogP contribution in [-0.2, 0) is 0 Å². The van der Waals surface area contributed by atoms with Gasteiger partial charge in [0.25, 0.3) is 0 Å². The molecule has 2 aromatic rings. The first kappa shape index (κ1) is 16.4. The van der Waals surface area contributed by atoms with E-state index >= 15 is 0 Å². The van der Waals surface area contributed by atoms with E-state index in [1.165, 1.54) is 14.2 Å². The van der Waals surface area contributed by atoms with Crippen molar-refractivity contribution in [2.45, 2.75) is 0 Å². The summed E-state index contributed by atoms with van der Waals surface area (Å²) in [5.41, 5.74) is 0.919. The van der Waals surface area contributed by atoms with Crippen LogP contribution >= 0.6 is 0 Å². The molecule has 0 saturated heterocycles. The minimum Gasteiger partial charge on any atom is -0.526 e. The molecule has 0 aromatic heterocycles. The molecule has 118 valence electrons. The van der Waals surface area contributed by atoms with Gasteiger partial charge in [-0.2, -0.15) is 0 Å². The van der Waals surface area contributed by atoms with E-state index in [2.05, 4.69) is 0 Å². The molecule has 0 saturated carbocycles. The molecule has 0 heterocycles. The SMILES string of the molecule is COc1ccc(C=O)cc1OBOc1cc(C=O)ccc1OC. The average molecular weight is 314 g/mol. The van der Waals surface area contributed by atoms with E-state index in [9.17, 15) is 9.59 Å². The summed E-state index contributed by atoms with van der Waals surface area (Å²) < 4.78 is 21.3. The second-order valence-electron chi connectivity index (χ2n) is 4.46. The van der Waals surface area contributed by atoms with Crippen LogP contribution in [0, 0.1) is 0 Å². The third kappa shape index (κ3) is 4.03. The Kier molecular flexibility index (Phi) is 5.63. The van der Waals surface area contributed by atoms with Crippen molar-refractivity contribution in [1.82, 2.24) is 0 Å². The highest BCUT2D eigenvalue weighted by molar-refractivity contribution is 6.21. The molecule has 0 spiro atoms. The molecule has 0 aliphatic carbocycles. The van der Waals surface area contributed by atoms with Crippen molar-refractivity contribution in [3.05, 3.63) is 47.5 Å². The minimum absolute atomic E-state index is 0.142. The number of aldehydes is 2. The molecule has 0 aliphatic rings. The number of rotatable bonds is 8. The van der Waals surface area contributed by atoms with Crippen molar-refractivity contribution in [2.75, 3.05) is 14.2 Å². The zero-order chi connectivity index (χ0) is 16.7. The van der Waals surface area contributed by atoms with Crippen LogP contribution in [0.4, 0.5) is 0 Å². The van der Waals surface area contributed by atoms with Crippen LogP contribution in [0.25, 0.3) is 0 Å². The molecule has 2 rings (SSSR count). The Labute approximate surface area is 134 Å². The third-order valence-corrected chi connectivity index (χ3v) is 3.08. The van der Waals surface area contributed by atoms with Crippen LogP contribution in [0.15, 0.2) is 36.4 Å². The Morgan fingerprint density at radius 2 is 1.17 bits per heavy atom. The van der Waals surface area contributed by atoms with Crippen LogP contribution in [0.2, 0.25) is 0 Å². The number of carbonyl (C=O) groups is 2. The second-order valence-corrected chi connectivity index (χ2v) is 4.46. The van der Waals surface area contributed by atoms with Gasteiger partial charge >= 0.3 is 7.69 Å². The molecule has 0 fully saturated rings. The zero-order valence-corrected chi connectivity index (χ0v) is 12.8. The molecule has 0 atom stereocenters. The van der Waals surface area contributed by atoms with Crippen LogP contribution in [0.1, 0.15) is 20.7 Å². The lowest BCUT2D eigenvalue weighted by Gasteiger charge is -2.13. The van der Waals surface area contributed by atoms with Gasteiger partial charge in [0.1, 0.15) is 24.1 Å². The number of benzene rings is 2. The lowest BCUT2D eigenvalue weighted by atomic mass is 10.2. The normalized spacial score (nSPS) is 9.65. The first-order valence-corrected chi connectivity index (χ1v) is 6.74. The van der Waals surface area contributed by atoms with Gasteiger partial charge in [0, 0.05) is 11.1 Å². The van der Waals surface area contributed by atoms with E-state index in [4.69, 9.17) is 18.8 Å². The summed E-state index contributed by atoms with van der Waals surface area (Å²) in [5.74, 6) is 1.71. The van der Waals surface area contributed by atoms with Gasteiger partial charge in [-0.15, -0.1) is 0 Å². The molecule has 0 radical (unpaired) electrons. The molecular formula is C16H15BO6. The predicted molar refractivity (Wildman–Crippen MR) is 85.2 cm³/mol. The average Bonchev–Trinajstić information content (AvgIpc) is 2.61. The molecule has 6 nitrogen and oxygen atoms in total. The lowest BCUT2D eigenvalue weighted by Crippen LogP contribution is -2.12. The Morgan fingerprint density at radius 3 is 1.52 bits per heavy atom. The molecule has 7 heteroatoms. The number of ether oxygens (including phenoxy) is 2. The highest BCUT2D eigenvalue weighted by atomic mass is 16.6. The van der Waals surface area contributed by atoms with Gasteiger partial charge in [0.05, 0.1) is 14.2 Å². The van der Waals surface area contributed by atoms with Crippen molar-refractivity contribution in [2.24, 2.45) is 0 Å². The molecule has 23 heavy (non-hydrogen) atoms. The molecular weight excluding hydrogens is 299 g/mol. The Balaban J connectivity index is 2.10. The van der Waals surface area contributed by atoms with Gasteiger partial charge in [0.15, 0.2) is 11.5 Å². The van der Waals surface area contributed by atoms with Crippen molar-refractivity contribution >= 4 is 20.3 Å². The van der Waals surface area contributed by atoms with Gasteiger partial charge in [-0.3, -0.25) is 9.59 Å². The number of hydrogen-bond acceptors (Lipinski definition) is 6. The van der Waals surface area contributed by atoms with E-state index in [1.54, 1.807) is 36.4 Å². The number of carbonyl (C=O) groups excluding carboxylic acids is 2. The monoisotopic (exact) mass is 314 g/mol. The van der Waals surface area contributed by atoms with Gasteiger partial charge in [-0.25, -0.2) is 0 Å². The first-order valence-electron chi connectivity index (χ1n) is 6.74. The van der Waals surface area contributed by atoms with Crippen LogP contribution < -0.4 is 18.8 Å². The quantitative estimate of drug-likeness (QED) is 0.548. The highest BCUT2D eigenvalue weighted by Crippen LogP contribution is 2.29. The van der Waals surface area contributed by atoms with E-state index < -0.39 is 0 Å². The van der Waals surface area contributed by atoms with Gasteiger partial charge in [0.2, 0.25) is 0 Å². The van der Waals surface area contributed by atoms with Crippen LogP contribution in [0.5, 0.6) is 23.0 Å². The summed E-state index contributed by atoms with van der Waals surface area (Å²) in [6.45, 7) is 0. The van der Waals surface area contributed by atoms with Crippen LogP contribution in [-0.4, -0.2) is 34.5 Å². The summed E-state index contributed by atoms with van der Waals surface area (Å²) in [7, 11) is 2.86. The maximum absolute atomic E-state index is 10.8. The van der Waals surface area contributed by atoms with E-state index in [0.29, 0.717) is 46.7 Å². The molecule has 0 aliphatic heterocycles. The van der Waals surface area contributed by atoms with E-state index in [1.807, 2.05) is 0 Å². The Bertz CT molecular complexity index is 641. The second kappa shape index (κ2) is 7.88. The molecule has 0 unspecified atom stereocenters. The summed E-state index contributed by atoms with van der Waals surface area (Å²) in [5, 5.41) is 0. The van der Waals surface area contributed by atoms with Crippen molar-refractivity contribution in [1.29, 1.82) is 0 Å². The molecule has 0 amide bonds. The fourth-order valence-corrected chi connectivity index (χ4v) is 1.92. The standard InChI is InChI=1S/C16H15BO6/c1-20-13-5-3-11(9-18)7-15(13)22-17-23-16-8-12(10-19)4-6-14(16)21-2/h3-10,17H,1-2H3. The smallest absolute Gasteiger partial charge is 0.526 e. The minimum atomic E-state index is -0.142. The van der Waals surface area contributed by atoms with Gasteiger partial charge in [-0.1, -0.05) is 0 Å². The Morgan fingerprint density at radius 1 is 0.739 bits per heavy atom. The topological polar surface area (TPSA) is 71.1 Å². The van der Waals surface area contributed by atoms with Gasteiger partial charge in [-0.05, 0) is 36.4 Å². The van der Waals surface area contributed by atoms with Crippen LogP contribution in [0.3, 0.4) is 0 Å². The summed E-state index contributed by atoms with van der Waals surface area (Å²) in [6, 6.07) is 9.61. The summed E-state index contributed by atoms with van der Waals surface area (Å²) in [4.78, 5) is 21.7. The van der Waals surface area contributed by atoms with Crippen molar-refractivity contribution < 1.29 is 28.4 Å². The highest BCUT2D eigenvalue weighted by Gasteiger charge is 2.10. The number of methoxy groups -OCH3 is 2. The first-order chi connectivity index (χ1) is 11.2. The Hall–Kier alpha value is -2.96. The third-order valence-electron chi connectivity index (χ3n) is 3.08. The zero-order valence-electron chi connectivity index (χ0n) is 12.8. The van der Waals surface area contributed by atoms with Gasteiger partial charge < -0.3 is 18.8 Å². The fourth-order valence-electron chi connectivity index (χ4n) is 1.92. The van der Waals surface area contributed by atoms with E-state index in [-0.39, 0.29) is 7.69 Å². The number of hydrogen-bond donors (Lipinski definition) is 0. The fraction of sp³-hybridized carbons (Fsp3) is 0.125. The maximum atomic E-state index is 10.8. The lowest BCUT2D eigenvalue weighted by molar-refractivity contribution is 0.111. The largest absolute Gasteiger partial charge is 0.576 e. The summed E-state index contributed by atoms with van der Waals surface area (Å²) in [6.07, 6.45) is 1.42.